The number of rotatable bonds is 3. The zero-order chi connectivity index (χ0) is 20.9. The number of hydrogen-bond acceptors (Lipinski definition) is 5. The highest BCUT2D eigenvalue weighted by Gasteiger charge is 2.44. The first-order valence-corrected chi connectivity index (χ1v) is 9.48. The van der Waals surface area contributed by atoms with Crippen LogP contribution in [0.2, 0.25) is 5.02 Å². The number of Topliss-reactive ketones (excluding diaryl/α,β-unsaturated/α-hetero) is 1. The van der Waals surface area contributed by atoms with Crippen LogP contribution >= 0.6 is 11.6 Å². The van der Waals surface area contributed by atoms with E-state index in [0.29, 0.717) is 33.5 Å². The van der Waals surface area contributed by atoms with Gasteiger partial charge in [-0.2, -0.15) is 0 Å². The summed E-state index contributed by atoms with van der Waals surface area (Å²) in [7, 11) is 0. The Balaban J connectivity index is 1.72. The van der Waals surface area contributed by atoms with Crippen molar-refractivity contribution in [1.29, 1.82) is 0 Å². The maximum Gasteiger partial charge on any atom is 0.271 e. The second-order valence-electron chi connectivity index (χ2n) is 7.49. The number of nitrogens with one attached hydrogen (secondary N) is 1. The van der Waals surface area contributed by atoms with Crippen LogP contribution < -0.4 is 19.7 Å². The van der Waals surface area contributed by atoms with Gasteiger partial charge in [0.2, 0.25) is 0 Å². The molecule has 4 rings (SSSR count). The Kier molecular flexibility index (Phi) is 4.50. The van der Waals surface area contributed by atoms with Gasteiger partial charge in [-0.1, -0.05) is 11.6 Å². The van der Waals surface area contributed by atoms with E-state index in [4.69, 9.17) is 21.1 Å². The third-order valence-corrected chi connectivity index (χ3v) is 5.18. The molecular weight excluding hydrogens is 396 g/mol. The van der Waals surface area contributed by atoms with Gasteiger partial charge in [0.1, 0.15) is 11.5 Å². The standard InChI is InChI=1S/C21H19ClN2O5/c1-11(19(26)12-4-6-16-14(8-12)23-18(25)10-28-16)24-15-9-13(22)5-7-17(15)29-21(2,3)20(24)27/h4-9,11H,10H2,1-3H3,(H,23,25). The average molecular weight is 415 g/mol. The fraction of sp³-hybridized carbons (Fsp3) is 0.286. The van der Waals surface area contributed by atoms with E-state index in [1.165, 1.54) is 4.90 Å². The Morgan fingerprint density at radius 3 is 2.66 bits per heavy atom. The number of anilines is 2. The third-order valence-electron chi connectivity index (χ3n) is 4.94. The SMILES string of the molecule is CC(C(=O)c1ccc2c(c1)NC(=O)CO2)N1C(=O)C(C)(C)Oc2ccc(Cl)cc21. The van der Waals surface area contributed by atoms with E-state index in [0.717, 1.165) is 0 Å². The Morgan fingerprint density at radius 1 is 1.17 bits per heavy atom. The van der Waals surface area contributed by atoms with Crippen molar-refractivity contribution < 1.29 is 23.9 Å². The summed E-state index contributed by atoms with van der Waals surface area (Å²) in [5.74, 6) is 0.0513. The van der Waals surface area contributed by atoms with Gasteiger partial charge >= 0.3 is 0 Å². The van der Waals surface area contributed by atoms with E-state index in [9.17, 15) is 14.4 Å². The van der Waals surface area contributed by atoms with Crippen LogP contribution in [-0.2, 0) is 9.59 Å². The lowest BCUT2D eigenvalue weighted by Crippen LogP contribution is -2.57. The van der Waals surface area contributed by atoms with Crippen LogP contribution in [-0.4, -0.2) is 35.8 Å². The van der Waals surface area contributed by atoms with Crippen molar-refractivity contribution in [3.8, 4) is 11.5 Å². The van der Waals surface area contributed by atoms with Crippen molar-refractivity contribution in [1.82, 2.24) is 0 Å². The van der Waals surface area contributed by atoms with Crippen LogP contribution in [0.3, 0.4) is 0 Å². The average Bonchev–Trinajstić information content (AvgIpc) is 2.67. The van der Waals surface area contributed by atoms with E-state index < -0.39 is 11.6 Å². The van der Waals surface area contributed by atoms with Crippen molar-refractivity contribution in [2.45, 2.75) is 32.4 Å². The number of carbonyl (C=O) groups excluding carboxylic acids is 3. The van der Waals surface area contributed by atoms with Gasteiger partial charge in [-0.05, 0) is 57.2 Å². The number of benzene rings is 2. The highest BCUT2D eigenvalue weighted by Crippen LogP contribution is 2.41. The predicted octanol–water partition coefficient (Wildman–Crippen LogP) is 3.45. The first-order chi connectivity index (χ1) is 13.7. The molecule has 29 heavy (non-hydrogen) atoms. The summed E-state index contributed by atoms with van der Waals surface area (Å²) in [5, 5.41) is 3.11. The molecule has 7 nitrogen and oxygen atoms in total. The first-order valence-electron chi connectivity index (χ1n) is 9.10. The molecule has 1 N–H and O–H groups in total. The number of carbonyl (C=O) groups is 3. The van der Waals surface area contributed by atoms with E-state index in [1.54, 1.807) is 57.2 Å². The van der Waals surface area contributed by atoms with Crippen molar-refractivity contribution in [2.24, 2.45) is 0 Å². The molecule has 0 bridgehead atoms. The zero-order valence-electron chi connectivity index (χ0n) is 16.1. The molecule has 1 atom stereocenters. The molecule has 0 spiro atoms. The van der Waals surface area contributed by atoms with E-state index >= 15 is 0 Å². The van der Waals surface area contributed by atoms with Crippen LogP contribution in [0, 0.1) is 0 Å². The molecule has 1 unspecified atom stereocenters. The minimum Gasteiger partial charge on any atom is -0.482 e. The van der Waals surface area contributed by atoms with Crippen LogP contribution in [0.25, 0.3) is 0 Å². The Labute approximate surface area is 172 Å². The lowest BCUT2D eigenvalue weighted by molar-refractivity contribution is -0.133. The number of hydrogen-bond donors (Lipinski definition) is 1. The van der Waals surface area contributed by atoms with Crippen molar-refractivity contribution in [2.75, 3.05) is 16.8 Å². The highest BCUT2D eigenvalue weighted by molar-refractivity contribution is 6.31. The summed E-state index contributed by atoms with van der Waals surface area (Å²) in [4.78, 5) is 39.3. The second kappa shape index (κ2) is 6.77. The van der Waals surface area contributed by atoms with Gasteiger partial charge < -0.3 is 14.8 Å². The molecule has 2 aliphatic rings. The van der Waals surface area contributed by atoms with Gasteiger partial charge in [0, 0.05) is 10.6 Å². The van der Waals surface area contributed by atoms with Crippen LogP contribution in [0.4, 0.5) is 11.4 Å². The van der Waals surface area contributed by atoms with Gasteiger partial charge in [-0.3, -0.25) is 19.3 Å². The number of ketones is 1. The van der Waals surface area contributed by atoms with E-state index in [-0.39, 0.29) is 24.2 Å². The van der Waals surface area contributed by atoms with Crippen molar-refractivity contribution in [3.05, 3.63) is 47.0 Å². The smallest absolute Gasteiger partial charge is 0.271 e. The molecule has 2 aromatic rings. The number of halogens is 1. The van der Waals surface area contributed by atoms with E-state index in [2.05, 4.69) is 5.32 Å². The summed E-state index contributed by atoms with van der Waals surface area (Å²) in [6.45, 7) is 4.90. The molecule has 0 radical (unpaired) electrons. The van der Waals surface area contributed by atoms with Gasteiger partial charge in [-0.25, -0.2) is 0 Å². The Hall–Kier alpha value is -3.06. The minimum absolute atomic E-state index is 0.0639. The molecule has 150 valence electrons. The molecule has 0 aromatic heterocycles. The third kappa shape index (κ3) is 3.31. The fourth-order valence-corrected chi connectivity index (χ4v) is 3.63. The molecule has 0 saturated carbocycles. The molecule has 0 fully saturated rings. The zero-order valence-corrected chi connectivity index (χ0v) is 16.9. The van der Waals surface area contributed by atoms with E-state index in [1.807, 2.05) is 0 Å². The number of amides is 2. The lowest BCUT2D eigenvalue weighted by Gasteiger charge is -2.41. The molecule has 2 aliphatic heterocycles. The summed E-state index contributed by atoms with van der Waals surface area (Å²) in [5.41, 5.74) is 0.0870. The highest BCUT2D eigenvalue weighted by atomic mass is 35.5. The molecular formula is C21H19ClN2O5. The minimum atomic E-state index is -1.13. The maximum absolute atomic E-state index is 13.2. The normalized spacial score (nSPS) is 18.0. The Morgan fingerprint density at radius 2 is 1.90 bits per heavy atom. The molecule has 2 heterocycles. The number of nitrogens with zero attached hydrogens (tertiary/aromatic N) is 1. The van der Waals surface area contributed by atoms with Gasteiger partial charge in [0.25, 0.3) is 11.8 Å². The van der Waals surface area contributed by atoms with Crippen LogP contribution in [0.1, 0.15) is 31.1 Å². The fourth-order valence-electron chi connectivity index (χ4n) is 3.46. The molecule has 0 saturated heterocycles. The quantitative estimate of drug-likeness (QED) is 0.777. The number of ether oxygens (including phenoxy) is 2. The number of fused-ring (bicyclic) bond motifs is 2. The first kappa shape index (κ1) is 19.3. The van der Waals surface area contributed by atoms with Gasteiger partial charge in [-0.15, -0.1) is 0 Å². The van der Waals surface area contributed by atoms with Crippen LogP contribution in [0.15, 0.2) is 36.4 Å². The second-order valence-corrected chi connectivity index (χ2v) is 7.92. The lowest BCUT2D eigenvalue weighted by atomic mass is 9.97. The molecule has 2 aromatic carbocycles. The summed E-state index contributed by atoms with van der Waals surface area (Å²) >= 11 is 6.12. The Bertz CT molecular complexity index is 1050. The van der Waals surface area contributed by atoms with Crippen molar-refractivity contribution >= 4 is 40.6 Å². The van der Waals surface area contributed by atoms with Gasteiger partial charge in [0.05, 0.1) is 17.4 Å². The molecule has 0 aliphatic carbocycles. The monoisotopic (exact) mass is 414 g/mol. The van der Waals surface area contributed by atoms with Crippen LogP contribution in [0.5, 0.6) is 11.5 Å². The largest absolute Gasteiger partial charge is 0.482 e. The summed E-state index contributed by atoms with van der Waals surface area (Å²) < 4.78 is 11.1. The summed E-state index contributed by atoms with van der Waals surface area (Å²) in [6, 6.07) is 8.94. The maximum atomic E-state index is 13.2. The van der Waals surface area contributed by atoms with Crippen molar-refractivity contribution in [3.63, 3.8) is 0 Å². The predicted molar refractivity (Wildman–Crippen MR) is 108 cm³/mol. The molecule has 2 amide bonds. The van der Waals surface area contributed by atoms with Gasteiger partial charge in [0.15, 0.2) is 18.0 Å². The summed E-state index contributed by atoms with van der Waals surface area (Å²) in [6.07, 6.45) is 0. The topological polar surface area (TPSA) is 84.9 Å². The molecule has 8 heteroatoms.